The molecule has 0 radical (unpaired) electrons. The topological polar surface area (TPSA) is 130 Å². The van der Waals surface area contributed by atoms with Crippen LogP contribution in [0.2, 0.25) is 0 Å². The Morgan fingerprint density at radius 2 is 1.93 bits per heavy atom. The molecule has 4 N–H and O–H groups in total. The van der Waals surface area contributed by atoms with Gasteiger partial charge in [0.1, 0.15) is 5.69 Å². The van der Waals surface area contributed by atoms with Gasteiger partial charge in [0, 0.05) is 18.7 Å². The second-order valence-corrected chi connectivity index (χ2v) is 7.76. The summed E-state index contributed by atoms with van der Waals surface area (Å²) in [4.78, 5) is 45.4. The number of carbonyl (C=O) groups is 2. The molecule has 10 heteroatoms. The van der Waals surface area contributed by atoms with E-state index < -0.39 is 11.5 Å². The fourth-order valence-corrected chi connectivity index (χ4v) is 3.81. The Morgan fingerprint density at radius 3 is 2.55 bits per heavy atom. The zero-order chi connectivity index (χ0) is 21.0. The Bertz CT molecular complexity index is 939. The van der Waals surface area contributed by atoms with E-state index in [1.165, 1.54) is 0 Å². The molecular weight excluding hydrogens is 394 g/mol. The number of carbonyl (C=O) groups excluding carboxylic acids is 2. The lowest BCUT2D eigenvalue weighted by atomic mass is 10.2. The molecule has 3 rings (SSSR count). The van der Waals surface area contributed by atoms with Gasteiger partial charge in [-0.2, -0.15) is 0 Å². The minimum Gasteiger partial charge on any atom is -0.382 e. The van der Waals surface area contributed by atoms with Crippen LogP contribution in [0.1, 0.15) is 24.2 Å². The van der Waals surface area contributed by atoms with Crippen LogP contribution in [0, 0.1) is 0 Å². The van der Waals surface area contributed by atoms with Crippen molar-refractivity contribution in [2.45, 2.75) is 31.2 Å². The predicted octanol–water partition coefficient (Wildman–Crippen LogP) is 1.33. The third kappa shape index (κ3) is 5.36. The zero-order valence-electron chi connectivity index (χ0n) is 16.2. The number of ether oxygens (including phenoxy) is 1. The fraction of sp³-hybridized carbons (Fsp3) is 0.368. The highest BCUT2D eigenvalue weighted by Gasteiger charge is 2.26. The Labute approximate surface area is 172 Å². The lowest BCUT2D eigenvalue weighted by Crippen LogP contribution is -2.48. The number of nitrogens with one attached hydrogen (secondary N) is 2. The number of nitrogen functional groups attached to an aromatic ring is 1. The van der Waals surface area contributed by atoms with Crippen molar-refractivity contribution in [1.82, 2.24) is 14.9 Å². The van der Waals surface area contributed by atoms with Gasteiger partial charge in [-0.05, 0) is 26.0 Å². The smallest absolute Gasteiger partial charge is 0.277 e. The summed E-state index contributed by atoms with van der Waals surface area (Å²) >= 11 is 1.09. The summed E-state index contributed by atoms with van der Waals surface area (Å²) in [5, 5.41) is 2.70. The van der Waals surface area contributed by atoms with Gasteiger partial charge in [0.25, 0.3) is 11.5 Å². The fourth-order valence-electron chi connectivity index (χ4n) is 3.04. The number of morpholine rings is 1. The lowest BCUT2D eigenvalue weighted by Gasteiger charge is -2.35. The van der Waals surface area contributed by atoms with E-state index in [0.29, 0.717) is 18.7 Å². The number of nitrogens with two attached hydrogens (primary N) is 1. The summed E-state index contributed by atoms with van der Waals surface area (Å²) in [6.45, 7) is 4.90. The summed E-state index contributed by atoms with van der Waals surface area (Å²) in [7, 11) is 0. The number of anilines is 2. The molecule has 2 atom stereocenters. The molecule has 1 fully saturated rings. The van der Waals surface area contributed by atoms with Crippen molar-refractivity contribution < 1.29 is 14.3 Å². The van der Waals surface area contributed by atoms with Crippen LogP contribution in [0.4, 0.5) is 11.5 Å². The molecule has 2 amide bonds. The molecule has 0 spiro atoms. The van der Waals surface area contributed by atoms with E-state index in [2.05, 4.69) is 15.3 Å². The van der Waals surface area contributed by atoms with Crippen LogP contribution < -0.4 is 16.6 Å². The van der Waals surface area contributed by atoms with Crippen molar-refractivity contribution in [3.63, 3.8) is 0 Å². The van der Waals surface area contributed by atoms with Crippen molar-refractivity contribution >= 4 is 35.1 Å². The number of hydrogen-bond donors (Lipinski definition) is 3. The lowest BCUT2D eigenvalue weighted by molar-refractivity contribution is -0.140. The molecule has 2 heterocycles. The molecule has 1 saturated heterocycles. The van der Waals surface area contributed by atoms with Gasteiger partial charge in [-0.25, -0.2) is 4.98 Å². The largest absolute Gasteiger partial charge is 0.382 e. The van der Waals surface area contributed by atoms with Crippen LogP contribution in [0.5, 0.6) is 0 Å². The molecule has 29 heavy (non-hydrogen) atoms. The van der Waals surface area contributed by atoms with Crippen molar-refractivity contribution in [1.29, 1.82) is 0 Å². The van der Waals surface area contributed by atoms with E-state index in [0.717, 1.165) is 11.8 Å². The highest BCUT2D eigenvalue weighted by Crippen LogP contribution is 2.19. The normalized spacial score (nSPS) is 19.0. The quantitative estimate of drug-likeness (QED) is 0.494. The Morgan fingerprint density at radius 1 is 1.28 bits per heavy atom. The van der Waals surface area contributed by atoms with Crippen LogP contribution >= 0.6 is 11.8 Å². The summed E-state index contributed by atoms with van der Waals surface area (Å²) in [6.07, 6.45) is -0.0393. The molecule has 0 unspecified atom stereocenters. The van der Waals surface area contributed by atoms with Crippen LogP contribution in [0.3, 0.4) is 0 Å². The van der Waals surface area contributed by atoms with Gasteiger partial charge in [-0.15, -0.1) is 0 Å². The van der Waals surface area contributed by atoms with E-state index in [1.807, 2.05) is 13.8 Å². The molecule has 1 aliphatic heterocycles. The first-order valence-corrected chi connectivity index (χ1v) is 10.1. The minimum atomic E-state index is -0.578. The molecule has 9 nitrogen and oxygen atoms in total. The van der Waals surface area contributed by atoms with E-state index >= 15 is 0 Å². The van der Waals surface area contributed by atoms with Crippen molar-refractivity contribution in [3.8, 4) is 0 Å². The maximum Gasteiger partial charge on any atom is 0.277 e. The predicted molar refractivity (Wildman–Crippen MR) is 111 cm³/mol. The number of benzene rings is 1. The first-order valence-electron chi connectivity index (χ1n) is 9.15. The number of hydrogen-bond acceptors (Lipinski definition) is 7. The second-order valence-electron chi connectivity index (χ2n) is 6.80. The summed E-state index contributed by atoms with van der Waals surface area (Å²) < 4.78 is 5.63. The van der Waals surface area contributed by atoms with Crippen LogP contribution in [0.25, 0.3) is 0 Å². The Hall–Kier alpha value is -2.85. The number of H-pyrrole nitrogens is 1. The number of nitrogens with zero attached hydrogens (tertiary/aromatic N) is 2. The standard InChI is InChI=1S/C19H23N5O4S/c1-11-8-24(9-12(2)28-11)14(25)10-29-19-22-16(20)15(18(27)23-19)21-17(26)13-6-4-3-5-7-13/h3-7,11-12H,8-10H2,1-2H3,(H,21,26)(H3,20,22,23,27)/t11-,12-/m1/s1. The summed E-state index contributed by atoms with van der Waals surface area (Å²) in [6, 6.07) is 8.46. The molecule has 154 valence electrons. The number of aromatic nitrogens is 2. The summed E-state index contributed by atoms with van der Waals surface area (Å²) in [5.41, 5.74) is 5.56. The van der Waals surface area contributed by atoms with Gasteiger partial charge in [-0.3, -0.25) is 19.4 Å². The van der Waals surface area contributed by atoms with Crippen molar-refractivity contribution in [2.24, 2.45) is 0 Å². The van der Waals surface area contributed by atoms with E-state index in [9.17, 15) is 14.4 Å². The minimum absolute atomic E-state index is 0.0196. The highest BCUT2D eigenvalue weighted by atomic mass is 32.2. The summed E-state index contributed by atoms with van der Waals surface area (Å²) in [5.74, 6) is -0.533. The molecule has 2 aromatic rings. The van der Waals surface area contributed by atoms with Crippen LogP contribution in [-0.4, -0.2) is 57.7 Å². The van der Waals surface area contributed by atoms with Crippen LogP contribution in [-0.2, 0) is 9.53 Å². The zero-order valence-corrected chi connectivity index (χ0v) is 17.0. The SMILES string of the molecule is C[C@@H]1CN(C(=O)CSc2nc(N)c(NC(=O)c3ccccc3)c(=O)[nH]2)C[C@@H](C)O1. The first-order chi connectivity index (χ1) is 13.8. The molecule has 1 aromatic heterocycles. The van der Waals surface area contributed by atoms with Gasteiger partial charge in [0.15, 0.2) is 11.0 Å². The first kappa shape index (κ1) is 20.9. The number of thioether (sulfide) groups is 1. The molecule has 0 saturated carbocycles. The average Bonchev–Trinajstić information content (AvgIpc) is 2.68. The van der Waals surface area contributed by atoms with E-state index in [1.54, 1.807) is 35.2 Å². The highest BCUT2D eigenvalue weighted by molar-refractivity contribution is 7.99. The maximum atomic E-state index is 12.4. The second kappa shape index (κ2) is 9.10. The Balaban J connectivity index is 1.64. The van der Waals surface area contributed by atoms with Crippen LogP contribution in [0.15, 0.2) is 40.3 Å². The maximum absolute atomic E-state index is 12.4. The van der Waals surface area contributed by atoms with Gasteiger partial charge in [-0.1, -0.05) is 30.0 Å². The molecule has 0 aliphatic carbocycles. The monoisotopic (exact) mass is 417 g/mol. The Kier molecular flexibility index (Phi) is 6.55. The van der Waals surface area contributed by atoms with Gasteiger partial charge in [0.05, 0.1) is 18.0 Å². The number of rotatable bonds is 5. The molecule has 1 aliphatic rings. The van der Waals surface area contributed by atoms with Gasteiger partial charge >= 0.3 is 0 Å². The van der Waals surface area contributed by atoms with E-state index in [4.69, 9.17) is 10.5 Å². The number of aromatic amines is 1. The third-order valence-corrected chi connectivity index (χ3v) is 5.16. The van der Waals surface area contributed by atoms with Gasteiger partial charge < -0.3 is 20.7 Å². The molecular formula is C19H23N5O4S. The van der Waals surface area contributed by atoms with Crippen molar-refractivity contribution in [2.75, 3.05) is 29.9 Å². The van der Waals surface area contributed by atoms with E-state index in [-0.39, 0.29) is 40.5 Å². The molecule has 1 aromatic carbocycles. The van der Waals surface area contributed by atoms with Gasteiger partial charge in [0.2, 0.25) is 5.91 Å². The third-order valence-electron chi connectivity index (χ3n) is 4.30. The number of amides is 2. The average molecular weight is 417 g/mol. The molecule has 0 bridgehead atoms. The van der Waals surface area contributed by atoms with Crippen molar-refractivity contribution in [3.05, 3.63) is 46.2 Å².